The lowest BCUT2D eigenvalue weighted by Crippen LogP contribution is -2.39. The maximum atomic E-state index is 13.3. The van der Waals surface area contributed by atoms with Crippen LogP contribution in [0.2, 0.25) is 0 Å². The van der Waals surface area contributed by atoms with Crippen molar-refractivity contribution in [2.45, 2.75) is 6.92 Å². The van der Waals surface area contributed by atoms with E-state index in [4.69, 9.17) is 4.74 Å². The molecule has 1 N–H and O–H groups in total. The van der Waals surface area contributed by atoms with Crippen LogP contribution in [-0.2, 0) is 14.1 Å². The van der Waals surface area contributed by atoms with E-state index in [1.807, 2.05) is 31.2 Å². The summed E-state index contributed by atoms with van der Waals surface area (Å²) >= 11 is 1.19. The molecular formula is C22H22FN3O4S. The Morgan fingerprint density at radius 1 is 1.06 bits per heavy atom. The van der Waals surface area contributed by atoms with Crippen LogP contribution in [0.5, 0.6) is 11.6 Å². The minimum Gasteiger partial charge on any atom is -0.494 e. The highest BCUT2D eigenvalue weighted by Crippen LogP contribution is 2.23. The Morgan fingerprint density at radius 2 is 1.71 bits per heavy atom. The number of hydrogen-bond donors (Lipinski definition) is 1. The maximum Gasteiger partial charge on any atom is 0.333 e. The van der Waals surface area contributed by atoms with Gasteiger partial charge < -0.3 is 9.84 Å². The van der Waals surface area contributed by atoms with Gasteiger partial charge in [-0.05, 0) is 43.3 Å². The van der Waals surface area contributed by atoms with E-state index in [0.29, 0.717) is 23.8 Å². The second kappa shape index (κ2) is 9.65. The Kier molecular flexibility index (Phi) is 6.96. The third kappa shape index (κ3) is 5.24. The van der Waals surface area contributed by atoms with Crippen LogP contribution >= 0.6 is 11.8 Å². The maximum absolute atomic E-state index is 13.3. The molecule has 0 bridgehead atoms. The van der Waals surface area contributed by atoms with Gasteiger partial charge in [0.2, 0.25) is 5.88 Å². The lowest BCUT2D eigenvalue weighted by molar-refractivity contribution is 0.344. The number of thioether (sulfide) groups is 1. The zero-order valence-electron chi connectivity index (χ0n) is 17.3. The number of aliphatic imine (C=N–C) groups is 1. The second-order valence-corrected chi connectivity index (χ2v) is 7.89. The minimum absolute atomic E-state index is 0.103. The molecule has 0 aliphatic rings. The first-order chi connectivity index (χ1) is 14.8. The van der Waals surface area contributed by atoms with Crippen molar-refractivity contribution in [3.8, 4) is 11.6 Å². The van der Waals surface area contributed by atoms with Crippen molar-refractivity contribution in [2.75, 3.05) is 12.4 Å². The Bertz CT molecular complexity index is 1220. The Balaban J connectivity index is 1.91. The summed E-state index contributed by atoms with van der Waals surface area (Å²) in [4.78, 5) is 29.2. The molecule has 0 atom stereocenters. The van der Waals surface area contributed by atoms with Gasteiger partial charge in [-0.25, -0.2) is 14.2 Å². The van der Waals surface area contributed by atoms with Crippen molar-refractivity contribution in [1.82, 2.24) is 9.13 Å². The van der Waals surface area contributed by atoms with Crippen LogP contribution in [0.1, 0.15) is 11.1 Å². The van der Waals surface area contributed by atoms with Crippen LogP contribution in [0, 0.1) is 12.7 Å². The average molecular weight is 444 g/mol. The number of nitrogens with zero attached hydrogens (tertiary/aromatic N) is 3. The predicted molar refractivity (Wildman–Crippen MR) is 120 cm³/mol. The molecule has 0 saturated carbocycles. The van der Waals surface area contributed by atoms with Crippen molar-refractivity contribution in [3.63, 3.8) is 0 Å². The molecule has 0 radical (unpaired) electrons. The molecule has 3 rings (SSSR count). The molecule has 3 aromatic rings. The predicted octanol–water partition coefficient (Wildman–Crippen LogP) is 3.13. The van der Waals surface area contributed by atoms with Crippen LogP contribution in [0.15, 0.2) is 63.1 Å². The van der Waals surface area contributed by atoms with Gasteiger partial charge in [0.25, 0.3) is 5.56 Å². The van der Waals surface area contributed by atoms with E-state index in [1.165, 1.54) is 50.1 Å². The highest BCUT2D eigenvalue weighted by molar-refractivity contribution is 8.14. The molecule has 0 spiro atoms. The van der Waals surface area contributed by atoms with E-state index in [2.05, 4.69) is 4.99 Å². The van der Waals surface area contributed by atoms with Gasteiger partial charge in [0.05, 0.1) is 12.3 Å². The van der Waals surface area contributed by atoms with E-state index < -0.39 is 22.9 Å². The van der Waals surface area contributed by atoms with Crippen molar-refractivity contribution < 1.29 is 14.2 Å². The zero-order valence-corrected chi connectivity index (χ0v) is 18.1. The van der Waals surface area contributed by atoms with Gasteiger partial charge >= 0.3 is 5.69 Å². The SMILES string of the molecule is Cc1ccc(OCCSC(=Nc2ccc(F)cc2)c2c(O)n(C)c(=O)n(C)c2=O)cc1. The third-order valence-electron chi connectivity index (χ3n) is 4.52. The van der Waals surface area contributed by atoms with Crippen molar-refractivity contribution in [3.05, 3.63) is 86.3 Å². The standard InChI is InChI=1S/C22H22FN3O4S/c1-14-4-10-17(11-5-14)30-12-13-31-19(24-16-8-6-15(23)7-9-16)18-20(27)25(2)22(29)26(3)21(18)28/h4-11,27H,12-13H2,1-3H3. The van der Waals surface area contributed by atoms with Gasteiger partial charge in [0.1, 0.15) is 22.2 Å². The molecular weight excluding hydrogens is 421 g/mol. The van der Waals surface area contributed by atoms with Crippen molar-refractivity contribution in [2.24, 2.45) is 19.1 Å². The van der Waals surface area contributed by atoms with Crippen LogP contribution in [0.25, 0.3) is 0 Å². The third-order valence-corrected chi connectivity index (χ3v) is 5.46. The van der Waals surface area contributed by atoms with E-state index in [-0.39, 0.29) is 10.6 Å². The fraction of sp³-hybridized carbons (Fsp3) is 0.227. The van der Waals surface area contributed by atoms with Gasteiger partial charge in [-0.2, -0.15) is 0 Å². The lowest BCUT2D eigenvalue weighted by atomic mass is 10.2. The first kappa shape index (κ1) is 22.4. The first-order valence-corrected chi connectivity index (χ1v) is 10.4. The quantitative estimate of drug-likeness (QED) is 0.359. The fourth-order valence-electron chi connectivity index (χ4n) is 2.75. The second-order valence-electron chi connectivity index (χ2n) is 6.81. The Morgan fingerprint density at radius 3 is 2.35 bits per heavy atom. The number of hydrogen-bond acceptors (Lipinski definition) is 6. The van der Waals surface area contributed by atoms with Crippen LogP contribution < -0.4 is 16.0 Å². The molecule has 1 aromatic heterocycles. The van der Waals surface area contributed by atoms with E-state index in [0.717, 1.165) is 14.7 Å². The number of halogens is 1. The Hall–Kier alpha value is -3.33. The van der Waals surface area contributed by atoms with E-state index in [9.17, 15) is 19.1 Å². The summed E-state index contributed by atoms with van der Waals surface area (Å²) < 4.78 is 20.8. The summed E-state index contributed by atoms with van der Waals surface area (Å²) in [5.41, 5.74) is 0.0953. The molecule has 0 aliphatic carbocycles. The molecule has 1 heterocycles. The summed E-state index contributed by atoms with van der Waals surface area (Å²) in [6, 6.07) is 13.0. The van der Waals surface area contributed by atoms with E-state index in [1.54, 1.807) is 0 Å². The summed E-state index contributed by atoms with van der Waals surface area (Å²) in [6.45, 7) is 2.31. The van der Waals surface area contributed by atoms with Crippen LogP contribution in [0.4, 0.5) is 10.1 Å². The Labute approximate surface area is 182 Å². The van der Waals surface area contributed by atoms with Crippen molar-refractivity contribution in [1.29, 1.82) is 0 Å². The van der Waals surface area contributed by atoms with Crippen LogP contribution in [-0.4, -0.2) is 31.6 Å². The van der Waals surface area contributed by atoms with Gasteiger partial charge in [-0.1, -0.05) is 17.7 Å². The van der Waals surface area contributed by atoms with Gasteiger partial charge in [-0.3, -0.25) is 13.9 Å². The molecule has 9 heteroatoms. The average Bonchev–Trinajstić information content (AvgIpc) is 2.76. The molecule has 0 amide bonds. The number of benzene rings is 2. The highest BCUT2D eigenvalue weighted by atomic mass is 32.2. The van der Waals surface area contributed by atoms with E-state index >= 15 is 0 Å². The number of rotatable bonds is 6. The summed E-state index contributed by atoms with van der Waals surface area (Å²) in [6.07, 6.45) is 0. The lowest BCUT2D eigenvalue weighted by Gasteiger charge is -2.13. The summed E-state index contributed by atoms with van der Waals surface area (Å²) in [5.74, 6) is 0.227. The van der Waals surface area contributed by atoms with Crippen molar-refractivity contribution >= 4 is 22.5 Å². The normalized spacial score (nSPS) is 11.5. The molecule has 0 aliphatic heterocycles. The summed E-state index contributed by atoms with van der Waals surface area (Å²) in [5, 5.41) is 10.7. The molecule has 0 saturated heterocycles. The largest absolute Gasteiger partial charge is 0.494 e. The molecule has 7 nitrogen and oxygen atoms in total. The number of aryl methyl sites for hydroxylation is 1. The zero-order chi connectivity index (χ0) is 22.5. The minimum atomic E-state index is -0.673. The van der Waals surface area contributed by atoms with Gasteiger partial charge in [-0.15, -0.1) is 11.8 Å². The number of aromatic hydroxyl groups is 1. The monoisotopic (exact) mass is 443 g/mol. The number of aromatic nitrogens is 2. The highest BCUT2D eigenvalue weighted by Gasteiger charge is 2.21. The molecule has 31 heavy (non-hydrogen) atoms. The molecule has 162 valence electrons. The molecule has 0 fully saturated rings. The van der Waals surface area contributed by atoms with Gasteiger partial charge in [0, 0.05) is 19.8 Å². The molecule has 2 aromatic carbocycles. The first-order valence-electron chi connectivity index (χ1n) is 9.44. The van der Waals surface area contributed by atoms with Gasteiger partial charge in [0.15, 0.2) is 0 Å². The summed E-state index contributed by atoms with van der Waals surface area (Å²) in [7, 11) is 2.69. The fourth-order valence-corrected chi connectivity index (χ4v) is 3.60. The topological polar surface area (TPSA) is 85.8 Å². The smallest absolute Gasteiger partial charge is 0.333 e. The van der Waals surface area contributed by atoms with Crippen LogP contribution in [0.3, 0.4) is 0 Å². The molecule has 0 unspecified atom stereocenters. The number of ether oxygens (including phenoxy) is 1.